The molecule has 8 nitrogen and oxygen atoms in total. The van der Waals surface area contributed by atoms with Gasteiger partial charge in [0.1, 0.15) is 18.0 Å². The Labute approximate surface area is 162 Å². The highest BCUT2D eigenvalue weighted by Gasteiger charge is 2.32. The van der Waals surface area contributed by atoms with Crippen molar-refractivity contribution in [2.45, 2.75) is 0 Å². The smallest absolute Gasteiger partial charge is 0.258 e. The lowest BCUT2D eigenvalue weighted by atomic mass is 10.1. The summed E-state index contributed by atoms with van der Waals surface area (Å²) >= 11 is 0. The summed E-state index contributed by atoms with van der Waals surface area (Å²) in [6.45, 7) is 2.52. The van der Waals surface area contributed by atoms with Crippen molar-refractivity contribution in [3.63, 3.8) is 0 Å². The third kappa shape index (κ3) is 3.17. The van der Waals surface area contributed by atoms with Crippen LogP contribution in [0, 0.1) is 0 Å². The zero-order chi connectivity index (χ0) is 19.7. The number of hydrogen-bond donors (Lipinski definition) is 1. The first-order valence-corrected chi connectivity index (χ1v) is 9.00. The van der Waals surface area contributed by atoms with Crippen molar-refractivity contribution >= 4 is 23.2 Å². The minimum absolute atomic E-state index is 0.140. The average Bonchev–Trinajstić information content (AvgIpc) is 2.72. The predicted octanol–water partition coefficient (Wildman–Crippen LogP) is 1.42. The number of para-hydroxylation sites is 1. The highest BCUT2D eigenvalue weighted by Crippen LogP contribution is 2.43. The summed E-state index contributed by atoms with van der Waals surface area (Å²) in [6.07, 6.45) is 0. The van der Waals surface area contributed by atoms with Crippen LogP contribution in [0.3, 0.4) is 0 Å². The number of anilines is 2. The predicted molar refractivity (Wildman–Crippen MR) is 104 cm³/mol. The van der Waals surface area contributed by atoms with Crippen LogP contribution in [0.15, 0.2) is 36.4 Å². The molecule has 2 aromatic carbocycles. The highest BCUT2D eigenvalue weighted by atomic mass is 16.5. The van der Waals surface area contributed by atoms with E-state index in [1.54, 1.807) is 23.1 Å². The number of hydrogen-bond acceptors (Lipinski definition) is 6. The molecule has 0 atom stereocenters. The first-order chi connectivity index (χ1) is 13.6. The number of benzene rings is 2. The molecule has 0 saturated heterocycles. The van der Waals surface area contributed by atoms with Crippen LogP contribution in [0.4, 0.5) is 11.4 Å². The summed E-state index contributed by atoms with van der Waals surface area (Å²) in [6, 6.07) is 10.6. The molecule has 0 spiro atoms. The average molecular weight is 383 g/mol. The lowest BCUT2D eigenvalue weighted by molar-refractivity contribution is -0.119. The van der Waals surface area contributed by atoms with E-state index in [1.165, 1.54) is 7.11 Å². The Hall–Kier alpha value is -3.42. The number of rotatable bonds is 5. The molecule has 0 aromatic heterocycles. The molecule has 0 bridgehead atoms. The van der Waals surface area contributed by atoms with E-state index < -0.39 is 5.91 Å². The molecular formula is C20H21N3O5. The van der Waals surface area contributed by atoms with Gasteiger partial charge in [-0.25, -0.2) is 0 Å². The number of methoxy groups -OCH3 is 1. The number of carbonyl (C=O) groups excluding carboxylic acids is 2. The third-order valence-corrected chi connectivity index (χ3v) is 4.82. The zero-order valence-corrected chi connectivity index (χ0v) is 15.5. The molecule has 2 aliphatic rings. The number of carbonyl (C=O) groups is 2. The van der Waals surface area contributed by atoms with Crippen molar-refractivity contribution in [1.29, 1.82) is 0 Å². The summed E-state index contributed by atoms with van der Waals surface area (Å²) in [5.41, 5.74) is 7.37. The molecule has 2 aromatic rings. The van der Waals surface area contributed by atoms with Crippen molar-refractivity contribution in [3.8, 4) is 17.2 Å². The van der Waals surface area contributed by atoms with E-state index in [2.05, 4.69) is 4.90 Å². The normalized spacial score (nSPS) is 14.8. The van der Waals surface area contributed by atoms with Gasteiger partial charge in [-0.1, -0.05) is 6.07 Å². The molecule has 2 amide bonds. The standard InChI is InChI=1S/C20H21N3O5/c1-26-17-11-13(5-6-15(17)28-12-18(21)24)20(25)23-8-7-22-9-10-27-16-4-2-3-14(23)19(16)22/h2-6,11H,7-10,12H2,1H3,(H2,21,24). The lowest BCUT2D eigenvalue weighted by Gasteiger charge is -2.41. The Morgan fingerprint density at radius 2 is 2.00 bits per heavy atom. The molecule has 2 N–H and O–H groups in total. The van der Waals surface area contributed by atoms with Gasteiger partial charge in [-0.05, 0) is 30.3 Å². The van der Waals surface area contributed by atoms with E-state index >= 15 is 0 Å². The molecule has 0 unspecified atom stereocenters. The van der Waals surface area contributed by atoms with E-state index in [0.717, 1.165) is 30.2 Å². The molecule has 0 saturated carbocycles. The maximum absolute atomic E-state index is 13.2. The molecule has 4 rings (SSSR count). The van der Waals surface area contributed by atoms with Gasteiger partial charge >= 0.3 is 0 Å². The summed E-state index contributed by atoms with van der Waals surface area (Å²) in [7, 11) is 1.48. The van der Waals surface area contributed by atoms with E-state index in [4.69, 9.17) is 19.9 Å². The Morgan fingerprint density at radius 1 is 1.14 bits per heavy atom. The van der Waals surface area contributed by atoms with Gasteiger partial charge in [0, 0.05) is 18.7 Å². The van der Waals surface area contributed by atoms with Gasteiger partial charge < -0.3 is 29.7 Å². The summed E-state index contributed by atoms with van der Waals surface area (Å²) < 4.78 is 16.4. The number of primary amides is 1. The summed E-state index contributed by atoms with van der Waals surface area (Å²) in [4.78, 5) is 28.2. The monoisotopic (exact) mass is 383 g/mol. The third-order valence-electron chi connectivity index (χ3n) is 4.82. The van der Waals surface area contributed by atoms with Crippen LogP contribution >= 0.6 is 0 Å². The van der Waals surface area contributed by atoms with Crippen molar-refractivity contribution < 1.29 is 23.8 Å². The molecule has 146 valence electrons. The fourth-order valence-corrected chi connectivity index (χ4v) is 3.54. The Bertz CT molecular complexity index is 930. The highest BCUT2D eigenvalue weighted by molar-refractivity contribution is 6.09. The van der Waals surface area contributed by atoms with E-state index in [1.807, 2.05) is 18.2 Å². The van der Waals surface area contributed by atoms with E-state index in [9.17, 15) is 9.59 Å². The Morgan fingerprint density at radius 3 is 2.79 bits per heavy atom. The van der Waals surface area contributed by atoms with Gasteiger partial charge in [0.25, 0.3) is 11.8 Å². The minimum atomic E-state index is -0.587. The van der Waals surface area contributed by atoms with Crippen LogP contribution in [0.5, 0.6) is 17.2 Å². The second-order valence-corrected chi connectivity index (χ2v) is 6.54. The van der Waals surface area contributed by atoms with Crippen molar-refractivity contribution in [2.24, 2.45) is 5.73 Å². The van der Waals surface area contributed by atoms with Gasteiger partial charge in [-0.2, -0.15) is 0 Å². The number of nitrogens with zero attached hydrogens (tertiary/aromatic N) is 2. The number of nitrogens with two attached hydrogens (primary N) is 1. The molecule has 2 aliphatic heterocycles. The van der Waals surface area contributed by atoms with Crippen molar-refractivity contribution in [2.75, 3.05) is 49.8 Å². The molecule has 0 fully saturated rings. The summed E-state index contributed by atoms with van der Waals surface area (Å²) in [5, 5.41) is 0. The topological polar surface area (TPSA) is 94.3 Å². The van der Waals surface area contributed by atoms with E-state index in [-0.39, 0.29) is 12.5 Å². The lowest BCUT2D eigenvalue weighted by Crippen LogP contribution is -2.47. The van der Waals surface area contributed by atoms with Crippen LogP contribution in [0.2, 0.25) is 0 Å². The quantitative estimate of drug-likeness (QED) is 0.839. The second kappa shape index (κ2) is 7.30. The Balaban J connectivity index is 1.64. The maximum atomic E-state index is 13.2. The van der Waals surface area contributed by atoms with Crippen molar-refractivity contribution in [1.82, 2.24) is 0 Å². The molecule has 2 heterocycles. The SMILES string of the molecule is COc1cc(C(=O)N2CCN3CCOc4cccc2c43)ccc1OCC(N)=O. The van der Waals surface area contributed by atoms with Crippen molar-refractivity contribution in [3.05, 3.63) is 42.0 Å². The fourth-order valence-electron chi connectivity index (χ4n) is 3.54. The minimum Gasteiger partial charge on any atom is -0.493 e. The molecule has 28 heavy (non-hydrogen) atoms. The largest absolute Gasteiger partial charge is 0.493 e. The van der Waals surface area contributed by atoms with Crippen LogP contribution in [-0.2, 0) is 4.79 Å². The van der Waals surface area contributed by atoms with Gasteiger partial charge in [0.05, 0.1) is 19.3 Å². The molecule has 0 aliphatic carbocycles. The van der Waals surface area contributed by atoms with Crippen LogP contribution < -0.4 is 29.7 Å². The number of amides is 2. The van der Waals surface area contributed by atoms with Crippen LogP contribution in [0.25, 0.3) is 0 Å². The second-order valence-electron chi connectivity index (χ2n) is 6.54. The van der Waals surface area contributed by atoms with Gasteiger partial charge in [-0.15, -0.1) is 0 Å². The first-order valence-electron chi connectivity index (χ1n) is 9.00. The molecule has 0 radical (unpaired) electrons. The zero-order valence-electron chi connectivity index (χ0n) is 15.5. The summed E-state index contributed by atoms with van der Waals surface area (Å²) in [5.74, 6) is 0.792. The fraction of sp³-hybridized carbons (Fsp3) is 0.300. The maximum Gasteiger partial charge on any atom is 0.258 e. The first kappa shape index (κ1) is 18.0. The van der Waals surface area contributed by atoms with Crippen LogP contribution in [-0.4, -0.2) is 51.8 Å². The number of ether oxygens (including phenoxy) is 3. The Kier molecular flexibility index (Phi) is 4.68. The van der Waals surface area contributed by atoms with Crippen LogP contribution in [0.1, 0.15) is 10.4 Å². The van der Waals surface area contributed by atoms with Gasteiger partial charge in [0.2, 0.25) is 0 Å². The van der Waals surface area contributed by atoms with Gasteiger partial charge in [-0.3, -0.25) is 9.59 Å². The van der Waals surface area contributed by atoms with Gasteiger partial charge in [0.15, 0.2) is 18.1 Å². The van der Waals surface area contributed by atoms with E-state index in [0.29, 0.717) is 30.2 Å². The molecular weight excluding hydrogens is 362 g/mol. The molecule has 8 heteroatoms.